The zero-order chi connectivity index (χ0) is 19.7. The number of hydrogen-bond donors (Lipinski definition) is 1. The third-order valence-corrected chi connectivity index (χ3v) is 6.60. The highest BCUT2D eigenvalue weighted by atomic mass is 35.5. The lowest BCUT2D eigenvalue weighted by Crippen LogP contribution is -2.05. The second-order valence-electron chi connectivity index (χ2n) is 5.72. The molecule has 142 valence electrons. The molecule has 5 nitrogen and oxygen atoms in total. The van der Waals surface area contributed by atoms with E-state index in [1.165, 1.54) is 59.9 Å². The first kappa shape index (κ1) is 18.7. The van der Waals surface area contributed by atoms with Gasteiger partial charge in [0, 0.05) is 10.7 Å². The van der Waals surface area contributed by atoms with Gasteiger partial charge >= 0.3 is 0 Å². The standard InChI is InChI=1S/C19H12ClFN2O3S2/c20-12-3-9-15(10-4-12)28(24,25)19-18(22-14-7-5-13(21)6-8-14)26-17(23-19)16-2-1-11-27-16/h1-11,22H. The van der Waals surface area contributed by atoms with Gasteiger partial charge in [0.1, 0.15) is 5.82 Å². The highest BCUT2D eigenvalue weighted by molar-refractivity contribution is 7.91. The minimum atomic E-state index is -3.98. The maximum atomic E-state index is 13.2. The third-order valence-electron chi connectivity index (χ3n) is 3.81. The topological polar surface area (TPSA) is 72.2 Å². The van der Waals surface area contributed by atoms with Crippen LogP contribution in [0.3, 0.4) is 0 Å². The van der Waals surface area contributed by atoms with E-state index in [1.807, 2.05) is 11.4 Å². The number of aromatic nitrogens is 1. The number of thiophene rings is 1. The van der Waals surface area contributed by atoms with Gasteiger partial charge in [-0.1, -0.05) is 17.7 Å². The number of oxazole rings is 1. The number of sulfone groups is 1. The molecule has 0 fully saturated rings. The Balaban J connectivity index is 1.82. The van der Waals surface area contributed by atoms with Crippen LogP contribution in [0.4, 0.5) is 16.0 Å². The van der Waals surface area contributed by atoms with Gasteiger partial charge in [0.15, 0.2) is 0 Å². The fraction of sp³-hybridized carbons (Fsp3) is 0. The summed E-state index contributed by atoms with van der Waals surface area (Å²) in [7, 11) is -3.98. The van der Waals surface area contributed by atoms with E-state index in [0.29, 0.717) is 15.6 Å². The SMILES string of the molecule is O=S(=O)(c1ccc(Cl)cc1)c1nc(-c2cccs2)oc1Nc1ccc(F)cc1. The van der Waals surface area contributed by atoms with Crippen molar-refractivity contribution in [2.45, 2.75) is 9.92 Å². The van der Waals surface area contributed by atoms with Crippen molar-refractivity contribution in [3.8, 4) is 10.8 Å². The molecule has 0 aliphatic heterocycles. The van der Waals surface area contributed by atoms with Gasteiger partial charge in [0.25, 0.3) is 0 Å². The summed E-state index contributed by atoms with van der Waals surface area (Å²) in [6.45, 7) is 0. The summed E-state index contributed by atoms with van der Waals surface area (Å²) >= 11 is 7.23. The zero-order valence-electron chi connectivity index (χ0n) is 14.1. The lowest BCUT2D eigenvalue weighted by molar-refractivity contribution is 0.582. The molecular formula is C19H12ClFN2O3S2. The van der Waals surface area contributed by atoms with Gasteiger partial charge in [-0.15, -0.1) is 11.3 Å². The van der Waals surface area contributed by atoms with Crippen molar-refractivity contribution in [3.63, 3.8) is 0 Å². The van der Waals surface area contributed by atoms with Crippen molar-refractivity contribution in [1.29, 1.82) is 0 Å². The molecule has 0 aliphatic rings. The first-order valence-corrected chi connectivity index (χ1v) is 10.8. The summed E-state index contributed by atoms with van der Waals surface area (Å²) in [5, 5.41) is 4.86. The summed E-state index contributed by atoms with van der Waals surface area (Å²) in [4.78, 5) is 4.94. The Morgan fingerprint density at radius 2 is 1.75 bits per heavy atom. The highest BCUT2D eigenvalue weighted by Gasteiger charge is 2.29. The van der Waals surface area contributed by atoms with Crippen molar-refractivity contribution < 1.29 is 17.2 Å². The highest BCUT2D eigenvalue weighted by Crippen LogP contribution is 2.35. The Hall–Kier alpha value is -2.68. The Labute approximate surface area is 169 Å². The largest absolute Gasteiger partial charge is 0.418 e. The van der Waals surface area contributed by atoms with Gasteiger partial charge in [-0.3, -0.25) is 0 Å². The molecule has 28 heavy (non-hydrogen) atoms. The number of anilines is 2. The van der Waals surface area contributed by atoms with Crippen molar-refractivity contribution in [2.75, 3.05) is 5.32 Å². The van der Waals surface area contributed by atoms with Crippen molar-refractivity contribution >= 4 is 44.3 Å². The van der Waals surface area contributed by atoms with E-state index in [0.717, 1.165) is 0 Å². The molecule has 1 N–H and O–H groups in total. The van der Waals surface area contributed by atoms with Crippen LogP contribution in [-0.4, -0.2) is 13.4 Å². The Bertz CT molecular complexity index is 1200. The molecular weight excluding hydrogens is 423 g/mol. The molecule has 0 saturated heterocycles. The lowest BCUT2D eigenvalue weighted by atomic mass is 10.3. The van der Waals surface area contributed by atoms with Gasteiger partial charge in [-0.05, 0) is 60.0 Å². The molecule has 0 radical (unpaired) electrons. The Morgan fingerprint density at radius 3 is 2.39 bits per heavy atom. The molecule has 0 spiro atoms. The van der Waals surface area contributed by atoms with E-state index in [2.05, 4.69) is 10.3 Å². The fourth-order valence-electron chi connectivity index (χ4n) is 2.46. The predicted octanol–water partition coefficient (Wildman–Crippen LogP) is 5.77. The minimum absolute atomic E-state index is 0.0325. The number of benzene rings is 2. The minimum Gasteiger partial charge on any atom is -0.418 e. The van der Waals surface area contributed by atoms with Crippen LogP contribution < -0.4 is 5.32 Å². The first-order chi connectivity index (χ1) is 13.4. The third kappa shape index (κ3) is 3.66. The molecule has 2 aromatic carbocycles. The van der Waals surface area contributed by atoms with Crippen LogP contribution >= 0.6 is 22.9 Å². The summed E-state index contributed by atoms with van der Waals surface area (Å²) in [5.74, 6) is -0.284. The Morgan fingerprint density at radius 1 is 1.04 bits per heavy atom. The smallest absolute Gasteiger partial charge is 0.240 e. The van der Waals surface area contributed by atoms with Crippen LogP contribution in [0.2, 0.25) is 5.02 Å². The van der Waals surface area contributed by atoms with Gasteiger partial charge < -0.3 is 9.73 Å². The molecule has 4 aromatic rings. The molecule has 9 heteroatoms. The maximum absolute atomic E-state index is 13.2. The number of nitrogens with one attached hydrogen (secondary N) is 1. The second kappa shape index (κ2) is 7.38. The van der Waals surface area contributed by atoms with E-state index in [4.69, 9.17) is 16.0 Å². The molecule has 0 saturated carbocycles. The van der Waals surface area contributed by atoms with Gasteiger partial charge in [-0.25, -0.2) is 12.8 Å². The fourth-order valence-corrected chi connectivity index (χ4v) is 4.50. The molecule has 0 bridgehead atoms. The number of rotatable bonds is 5. The van der Waals surface area contributed by atoms with Crippen molar-refractivity contribution in [1.82, 2.24) is 4.98 Å². The van der Waals surface area contributed by atoms with E-state index in [1.54, 1.807) is 6.07 Å². The number of hydrogen-bond acceptors (Lipinski definition) is 6. The first-order valence-electron chi connectivity index (χ1n) is 8.01. The predicted molar refractivity (Wildman–Crippen MR) is 106 cm³/mol. The Kier molecular flexibility index (Phi) is 4.92. The van der Waals surface area contributed by atoms with Crippen LogP contribution in [0.1, 0.15) is 0 Å². The van der Waals surface area contributed by atoms with E-state index >= 15 is 0 Å². The molecule has 2 aromatic heterocycles. The molecule has 0 aliphatic carbocycles. The van der Waals surface area contributed by atoms with Crippen LogP contribution in [-0.2, 0) is 9.84 Å². The lowest BCUT2D eigenvalue weighted by Gasteiger charge is -2.06. The molecule has 2 heterocycles. The molecule has 0 unspecified atom stereocenters. The van der Waals surface area contributed by atoms with Crippen LogP contribution in [0, 0.1) is 5.82 Å². The van der Waals surface area contributed by atoms with E-state index in [9.17, 15) is 12.8 Å². The zero-order valence-corrected chi connectivity index (χ0v) is 16.5. The average Bonchev–Trinajstić information content (AvgIpc) is 3.34. The van der Waals surface area contributed by atoms with E-state index in [-0.39, 0.29) is 21.7 Å². The summed E-state index contributed by atoms with van der Waals surface area (Å²) < 4.78 is 45.1. The summed E-state index contributed by atoms with van der Waals surface area (Å²) in [6, 6.07) is 14.8. The van der Waals surface area contributed by atoms with Crippen LogP contribution in [0.5, 0.6) is 0 Å². The quantitative estimate of drug-likeness (QED) is 0.431. The van der Waals surface area contributed by atoms with E-state index < -0.39 is 15.7 Å². The van der Waals surface area contributed by atoms with Crippen LogP contribution in [0.25, 0.3) is 10.8 Å². The summed E-state index contributed by atoms with van der Waals surface area (Å²) in [6.07, 6.45) is 0. The van der Waals surface area contributed by atoms with Crippen LogP contribution in [0.15, 0.2) is 80.4 Å². The summed E-state index contributed by atoms with van der Waals surface area (Å²) in [5.41, 5.74) is 0.461. The van der Waals surface area contributed by atoms with Gasteiger partial charge in [0.2, 0.25) is 26.6 Å². The van der Waals surface area contributed by atoms with Gasteiger partial charge in [0.05, 0.1) is 9.77 Å². The molecule has 0 amide bonds. The molecule has 4 rings (SSSR count). The van der Waals surface area contributed by atoms with Gasteiger partial charge in [-0.2, -0.15) is 4.98 Å². The number of halogens is 2. The van der Waals surface area contributed by atoms with Crippen molar-refractivity contribution in [2.24, 2.45) is 0 Å². The monoisotopic (exact) mass is 434 g/mol. The average molecular weight is 435 g/mol. The number of nitrogens with zero attached hydrogens (tertiary/aromatic N) is 1. The second-order valence-corrected chi connectivity index (χ2v) is 8.97. The normalized spacial score (nSPS) is 11.5. The maximum Gasteiger partial charge on any atom is 0.240 e. The van der Waals surface area contributed by atoms with Crippen molar-refractivity contribution in [3.05, 3.63) is 76.9 Å². The molecule has 0 atom stereocenters.